The second kappa shape index (κ2) is 12.3. The predicted octanol–water partition coefficient (Wildman–Crippen LogP) is 3.52. The minimum absolute atomic E-state index is 0.210. The zero-order valence-electron chi connectivity index (χ0n) is 21.6. The lowest BCUT2D eigenvalue weighted by molar-refractivity contribution is -0.486. The Morgan fingerprint density at radius 3 is 1.76 bits per heavy atom. The highest BCUT2D eigenvalue weighted by molar-refractivity contribution is 6.29. The van der Waals surface area contributed by atoms with Crippen molar-refractivity contribution in [3.8, 4) is 0 Å². The molecule has 0 N–H and O–H groups in total. The summed E-state index contributed by atoms with van der Waals surface area (Å²) in [5, 5.41) is 29.5. The minimum Gasteiger partial charge on any atom is -0.331 e. The zero-order valence-corrected chi connectivity index (χ0v) is 23.1. The van der Waals surface area contributed by atoms with E-state index >= 15 is 0 Å². The third-order valence-electron chi connectivity index (χ3n) is 6.59. The number of hydrogen-bond acceptors (Lipinski definition) is 6. The minimum atomic E-state index is -0.708. The Hall–Kier alpha value is -4.56. The van der Waals surface area contributed by atoms with Gasteiger partial charge in [0, 0.05) is 63.9 Å². The van der Waals surface area contributed by atoms with Crippen molar-refractivity contribution in [2.75, 3.05) is 31.1 Å². The summed E-state index contributed by atoms with van der Waals surface area (Å²) in [6.07, 6.45) is 3.26. The van der Waals surface area contributed by atoms with Crippen molar-refractivity contribution < 1.29 is 10.1 Å². The van der Waals surface area contributed by atoms with Crippen LogP contribution in [-0.2, 0) is 19.6 Å². The molecule has 0 unspecified atom stereocenters. The van der Waals surface area contributed by atoms with Gasteiger partial charge < -0.3 is 19.6 Å². The second-order valence-corrected chi connectivity index (χ2v) is 10.1. The van der Waals surface area contributed by atoms with Crippen molar-refractivity contribution in [1.29, 1.82) is 0 Å². The van der Waals surface area contributed by atoms with Crippen LogP contribution in [0.15, 0.2) is 71.1 Å². The van der Waals surface area contributed by atoms with E-state index in [2.05, 4.69) is 20.2 Å². The SMILES string of the molecule is O=[N+]([O-])/N=C1/N(Cc2ccc(Cl)nc2)CCN1Cc1cccc(N2CCN(Cc3ccc(Cl)nc3)/C2=N\[N+](=O)[O-])c1. The Balaban J connectivity index is 1.33. The lowest BCUT2D eigenvalue weighted by atomic mass is 10.2. The third kappa shape index (κ3) is 6.96. The van der Waals surface area contributed by atoms with E-state index in [9.17, 15) is 20.2 Å². The van der Waals surface area contributed by atoms with E-state index in [0.29, 0.717) is 56.1 Å². The highest BCUT2D eigenvalue weighted by Crippen LogP contribution is 2.25. The molecule has 14 nitrogen and oxygen atoms in total. The van der Waals surface area contributed by atoms with E-state index in [1.165, 1.54) is 0 Å². The largest absolute Gasteiger partial charge is 0.331 e. The summed E-state index contributed by atoms with van der Waals surface area (Å²) in [6.45, 7) is 3.18. The molecule has 212 valence electrons. The number of aromatic nitrogens is 2. The molecule has 4 heterocycles. The number of halogens is 2. The molecule has 0 bridgehead atoms. The van der Waals surface area contributed by atoms with Gasteiger partial charge in [0.2, 0.25) is 0 Å². The number of anilines is 1. The smallest absolute Gasteiger partial charge is 0.278 e. The van der Waals surface area contributed by atoms with Gasteiger partial charge in [0.05, 0.1) is 0 Å². The molecule has 2 aliphatic rings. The first-order valence-corrected chi connectivity index (χ1v) is 13.3. The van der Waals surface area contributed by atoms with Crippen LogP contribution in [0.25, 0.3) is 0 Å². The van der Waals surface area contributed by atoms with Crippen LogP contribution in [-0.4, -0.2) is 72.8 Å². The van der Waals surface area contributed by atoms with E-state index in [1.807, 2.05) is 51.1 Å². The predicted molar refractivity (Wildman–Crippen MR) is 152 cm³/mol. The van der Waals surface area contributed by atoms with Gasteiger partial charge >= 0.3 is 0 Å². The van der Waals surface area contributed by atoms with E-state index < -0.39 is 10.1 Å². The van der Waals surface area contributed by atoms with Gasteiger partial charge in [-0.3, -0.25) is 0 Å². The van der Waals surface area contributed by atoms with Crippen molar-refractivity contribution in [1.82, 2.24) is 24.7 Å². The van der Waals surface area contributed by atoms with E-state index in [1.54, 1.807) is 29.4 Å². The molecule has 1 aromatic carbocycles. The van der Waals surface area contributed by atoms with Crippen molar-refractivity contribution in [3.05, 3.63) is 108 Å². The average molecular weight is 599 g/mol. The fourth-order valence-electron chi connectivity index (χ4n) is 4.80. The van der Waals surface area contributed by atoms with Crippen LogP contribution < -0.4 is 4.90 Å². The quantitative estimate of drug-likeness (QED) is 0.203. The molecule has 41 heavy (non-hydrogen) atoms. The molecule has 2 fully saturated rings. The summed E-state index contributed by atoms with van der Waals surface area (Å²) in [6, 6.07) is 14.5. The van der Waals surface area contributed by atoms with Gasteiger partial charge in [0.15, 0.2) is 10.1 Å². The lowest BCUT2D eigenvalue weighted by Crippen LogP contribution is -2.35. The Labute approximate surface area is 244 Å². The highest BCUT2D eigenvalue weighted by Gasteiger charge is 2.32. The molecule has 2 aliphatic heterocycles. The number of nitrogens with zero attached hydrogens (tertiary/aromatic N) is 10. The fourth-order valence-corrected chi connectivity index (χ4v) is 5.02. The Morgan fingerprint density at radius 2 is 1.22 bits per heavy atom. The van der Waals surface area contributed by atoms with Gasteiger partial charge in [0.1, 0.15) is 20.5 Å². The molecule has 16 heteroatoms. The van der Waals surface area contributed by atoms with Crippen LogP contribution >= 0.6 is 23.2 Å². The maximum atomic E-state index is 11.4. The van der Waals surface area contributed by atoms with Gasteiger partial charge in [-0.25, -0.2) is 30.2 Å². The number of nitro groups is 2. The number of rotatable bonds is 9. The molecule has 0 atom stereocenters. The first-order valence-electron chi connectivity index (χ1n) is 12.5. The van der Waals surface area contributed by atoms with E-state index in [-0.39, 0.29) is 11.9 Å². The summed E-state index contributed by atoms with van der Waals surface area (Å²) >= 11 is 11.8. The number of hydrazone groups is 2. The van der Waals surface area contributed by atoms with Crippen LogP contribution in [0.4, 0.5) is 5.69 Å². The maximum absolute atomic E-state index is 11.4. The van der Waals surface area contributed by atoms with Crippen LogP contribution in [0, 0.1) is 20.2 Å². The van der Waals surface area contributed by atoms with E-state index in [0.717, 1.165) is 22.4 Å². The standard InChI is InChI=1S/C25H24Cl2N10O4/c26-22-6-4-19(13-28-22)16-33-9-8-32(24(33)30-36(38)39)15-18-2-1-3-21(12-18)35-11-10-34(25(35)31-37(40)41)17-20-5-7-23(27)29-14-20/h1-7,12-14H,8-11,15-17H2/b30-24+,31-25+. The van der Waals surface area contributed by atoms with Crippen LogP contribution in [0.3, 0.4) is 0 Å². The Kier molecular flexibility index (Phi) is 8.40. The fraction of sp³-hybridized carbons (Fsp3) is 0.280. The molecule has 3 aromatic rings. The van der Waals surface area contributed by atoms with Crippen molar-refractivity contribution in [2.24, 2.45) is 10.2 Å². The Bertz CT molecular complexity index is 1490. The molecular weight excluding hydrogens is 575 g/mol. The lowest BCUT2D eigenvalue weighted by Gasteiger charge is -2.23. The molecule has 0 spiro atoms. The van der Waals surface area contributed by atoms with Gasteiger partial charge in [-0.2, -0.15) is 0 Å². The molecule has 2 saturated heterocycles. The molecule has 2 aromatic heterocycles. The molecule has 5 rings (SSSR count). The summed E-state index contributed by atoms with van der Waals surface area (Å²) in [4.78, 5) is 38.2. The van der Waals surface area contributed by atoms with Crippen LogP contribution in [0.2, 0.25) is 10.3 Å². The monoisotopic (exact) mass is 598 g/mol. The topological polar surface area (TPSA) is 150 Å². The average Bonchev–Trinajstić information content (AvgIpc) is 3.49. The van der Waals surface area contributed by atoms with Gasteiger partial charge in [-0.05, 0) is 41.0 Å². The summed E-state index contributed by atoms with van der Waals surface area (Å²) in [7, 11) is 0. The molecule has 0 radical (unpaired) electrons. The molecule has 0 amide bonds. The molecular formula is C25H24Cl2N10O4. The highest BCUT2D eigenvalue weighted by atomic mass is 35.5. The zero-order chi connectivity index (χ0) is 28.9. The second-order valence-electron chi connectivity index (χ2n) is 9.34. The van der Waals surface area contributed by atoms with Crippen molar-refractivity contribution >= 4 is 40.8 Å². The molecule has 0 aliphatic carbocycles. The summed E-state index contributed by atoms with van der Waals surface area (Å²) in [5.41, 5.74) is 3.26. The van der Waals surface area contributed by atoms with Gasteiger partial charge in [-0.1, -0.05) is 47.5 Å². The summed E-state index contributed by atoms with van der Waals surface area (Å²) in [5.74, 6) is 0.455. The van der Waals surface area contributed by atoms with Crippen molar-refractivity contribution in [2.45, 2.75) is 19.6 Å². The number of benzene rings is 1. The molecule has 0 saturated carbocycles. The third-order valence-corrected chi connectivity index (χ3v) is 7.03. The number of hydrogen-bond donors (Lipinski definition) is 0. The van der Waals surface area contributed by atoms with Gasteiger partial charge in [0.25, 0.3) is 11.9 Å². The number of pyridine rings is 2. The first kappa shape index (κ1) is 28.0. The van der Waals surface area contributed by atoms with Crippen LogP contribution in [0.1, 0.15) is 16.7 Å². The summed E-state index contributed by atoms with van der Waals surface area (Å²) < 4.78 is 0. The Morgan fingerprint density at radius 1 is 0.707 bits per heavy atom. The van der Waals surface area contributed by atoms with Gasteiger partial charge in [-0.15, -0.1) is 0 Å². The normalized spacial score (nSPS) is 17.2. The maximum Gasteiger partial charge on any atom is 0.278 e. The van der Waals surface area contributed by atoms with Crippen molar-refractivity contribution in [3.63, 3.8) is 0 Å². The first-order chi connectivity index (χ1) is 19.7. The number of guanidine groups is 2. The van der Waals surface area contributed by atoms with Crippen LogP contribution in [0.5, 0.6) is 0 Å². The van der Waals surface area contributed by atoms with E-state index in [4.69, 9.17) is 23.2 Å².